The Morgan fingerprint density at radius 2 is 1.97 bits per heavy atom. The van der Waals surface area contributed by atoms with Gasteiger partial charge in [0.2, 0.25) is 16.0 Å². The van der Waals surface area contributed by atoms with Crippen LogP contribution in [0.1, 0.15) is 63.8 Å². The van der Waals surface area contributed by atoms with Gasteiger partial charge in [-0.3, -0.25) is 9.89 Å². The number of aromatic amines is 1. The van der Waals surface area contributed by atoms with Crippen molar-refractivity contribution in [3.05, 3.63) is 23.3 Å². The number of nitrogens with one attached hydrogen (secondary N) is 2. The summed E-state index contributed by atoms with van der Waals surface area (Å²) in [7, 11) is -1.46. The van der Waals surface area contributed by atoms with E-state index in [1.165, 1.54) is 0 Å². The van der Waals surface area contributed by atoms with E-state index >= 15 is 4.39 Å². The lowest BCUT2D eigenvalue weighted by molar-refractivity contribution is -0.144. The van der Waals surface area contributed by atoms with Gasteiger partial charge in [-0.2, -0.15) is 14.4 Å². The highest BCUT2D eigenvalue weighted by Crippen LogP contribution is 2.38. The van der Waals surface area contributed by atoms with E-state index in [1.54, 1.807) is 24.2 Å². The number of aryl methyl sites for hydroxylation is 1. The number of halogens is 1. The molecule has 2 saturated heterocycles. The summed E-state index contributed by atoms with van der Waals surface area (Å²) in [5.74, 6) is -0.517. The van der Waals surface area contributed by atoms with Crippen molar-refractivity contribution in [2.24, 2.45) is 0 Å². The molecule has 2 aliphatic heterocycles. The molecule has 2 aliphatic rings. The summed E-state index contributed by atoms with van der Waals surface area (Å²) in [6.45, 7) is 4.84. The summed E-state index contributed by atoms with van der Waals surface area (Å²) < 4.78 is 47.7. The maximum atomic E-state index is 15.3. The quantitative estimate of drug-likeness (QED) is 0.476. The van der Waals surface area contributed by atoms with Gasteiger partial charge < -0.3 is 15.0 Å². The second-order valence-electron chi connectivity index (χ2n) is 9.41. The lowest BCUT2D eigenvalue weighted by Crippen LogP contribution is -2.58. The first-order valence-electron chi connectivity index (χ1n) is 12.4. The predicted molar refractivity (Wildman–Crippen MR) is 133 cm³/mol. The number of carbonyl (C=O) groups excluding carboxylic acids is 1. The number of esters is 1. The number of sulfonamides is 1. The number of ether oxygens (including phenoxy) is 1. The standard InChI is InChI=1S/C23H34FN7O4S/c1-5-20(32)35-13-18-21(24)22(26-19-10-14(3)28-29-19)27-23(25-18)30(4)17-11-15-8-7-9-16(12-17)31(15)36(33,34)6-2/h10,15-17H,5-9,11-13H2,1-4H3,(H2,25,26,27,28,29)/t15-,16+,17+. The van der Waals surface area contributed by atoms with Gasteiger partial charge in [0.15, 0.2) is 17.5 Å². The molecule has 0 radical (unpaired) electrons. The molecule has 0 unspecified atom stereocenters. The van der Waals surface area contributed by atoms with Gasteiger partial charge in [0.25, 0.3) is 0 Å². The summed E-state index contributed by atoms with van der Waals surface area (Å²) in [5.41, 5.74) is 0.747. The Bertz CT molecular complexity index is 1190. The summed E-state index contributed by atoms with van der Waals surface area (Å²) in [6, 6.07) is 1.53. The lowest BCUT2D eigenvalue weighted by Gasteiger charge is -2.49. The molecule has 0 aliphatic carbocycles. The number of piperidine rings is 2. The predicted octanol–water partition coefficient (Wildman–Crippen LogP) is 3.02. The van der Waals surface area contributed by atoms with E-state index in [1.807, 2.05) is 18.9 Å². The summed E-state index contributed by atoms with van der Waals surface area (Å²) in [5, 5.41) is 9.76. The molecule has 0 aromatic carbocycles. The highest BCUT2D eigenvalue weighted by atomic mass is 32.2. The third kappa shape index (κ3) is 5.46. The summed E-state index contributed by atoms with van der Waals surface area (Å²) in [4.78, 5) is 22.4. The number of rotatable bonds is 9. The molecule has 4 heterocycles. The summed E-state index contributed by atoms with van der Waals surface area (Å²) >= 11 is 0. The zero-order valence-corrected chi connectivity index (χ0v) is 21.9. The van der Waals surface area contributed by atoms with Crippen LogP contribution in [-0.4, -0.2) is 69.8 Å². The van der Waals surface area contributed by atoms with E-state index in [0.29, 0.717) is 18.7 Å². The number of fused-ring (bicyclic) bond motifs is 2. The minimum atomic E-state index is -3.30. The topological polar surface area (TPSA) is 133 Å². The molecule has 2 fully saturated rings. The fraction of sp³-hybridized carbons (Fsp3) is 0.652. The van der Waals surface area contributed by atoms with Crippen LogP contribution in [0.3, 0.4) is 0 Å². The molecule has 2 aromatic heterocycles. The van der Waals surface area contributed by atoms with E-state index in [2.05, 4.69) is 25.5 Å². The van der Waals surface area contributed by atoms with E-state index in [9.17, 15) is 13.2 Å². The van der Waals surface area contributed by atoms with Crippen LogP contribution in [0.25, 0.3) is 0 Å². The van der Waals surface area contributed by atoms with Crippen LogP contribution in [0.4, 0.5) is 22.0 Å². The van der Waals surface area contributed by atoms with Gasteiger partial charge >= 0.3 is 5.97 Å². The number of carbonyl (C=O) groups is 1. The summed E-state index contributed by atoms with van der Waals surface area (Å²) in [6.07, 6.45) is 4.06. The SMILES string of the molecule is CCC(=O)OCc1nc(N(C)[C@H]2C[C@H]3CCC[C@@H](C2)N3S(=O)(=O)CC)nc(Nc2cc(C)[nH]n2)c1F. The normalized spacial score (nSPS) is 22.3. The molecular weight excluding hydrogens is 489 g/mol. The molecule has 11 nitrogen and oxygen atoms in total. The molecule has 13 heteroatoms. The third-order valence-corrected chi connectivity index (χ3v) is 8.92. The van der Waals surface area contributed by atoms with E-state index in [4.69, 9.17) is 4.74 Å². The van der Waals surface area contributed by atoms with Gasteiger partial charge in [-0.05, 0) is 39.5 Å². The first kappa shape index (κ1) is 26.3. The van der Waals surface area contributed by atoms with Crippen LogP contribution in [0, 0.1) is 12.7 Å². The molecule has 2 bridgehead atoms. The lowest BCUT2D eigenvalue weighted by atomic mass is 9.83. The van der Waals surface area contributed by atoms with Gasteiger partial charge in [0.1, 0.15) is 12.3 Å². The second kappa shape index (κ2) is 10.7. The van der Waals surface area contributed by atoms with Crippen molar-refractivity contribution in [1.29, 1.82) is 0 Å². The van der Waals surface area contributed by atoms with Crippen molar-refractivity contribution < 1.29 is 22.3 Å². The Hall–Kier alpha value is -2.80. The number of aromatic nitrogens is 4. The average Bonchev–Trinajstić information content (AvgIpc) is 3.27. The van der Waals surface area contributed by atoms with Crippen molar-refractivity contribution in [1.82, 2.24) is 24.5 Å². The Labute approximate surface area is 210 Å². The molecule has 0 spiro atoms. The molecule has 4 rings (SSSR count). The first-order valence-corrected chi connectivity index (χ1v) is 14.0. The fourth-order valence-corrected chi connectivity index (χ4v) is 6.65. The smallest absolute Gasteiger partial charge is 0.305 e. The molecule has 3 atom stereocenters. The Balaban J connectivity index is 1.63. The van der Waals surface area contributed by atoms with Gasteiger partial charge in [-0.25, -0.2) is 17.8 Å². The third-order valence-electron chi connectivity index (χ3n) is 6.95. The maximum Gasteiger partial charge on any atom is 0.305 e. The Kier molecular flexibility index (Phi) is 7.79. The minimum Gasteiger partial charge on any atom is -0.459 e. The Morgan fingerprint density at radius 3 is 2.56 bits per heavy atom. The van der Waals surface area contributed by atoms with Crippen LogP contribution >= 0.6 is 0 Å². The average molecular weight is 524 g/mol. The second-order valence-corrected chi connectivity index (χ2v) is 11.6. The molecule has 36 heavy (non-hydrogen) atoms. The first-order chi connectivity index (χ1) is 17.1. The number of hydrogen-bond donors (Lipinski definition) is 2. The van der Waals surface area contributed by atoms with Crippen LogP contribution in [0.5, 0.6) is 0 Å². The van der Waals surface area contributed by atoms with Gasteiger partial charge in [-0.1, -0.05) is 13.3 Å². The molecule has 0 amide bonds. The van der Waals surface area contributed by atoms with Crippen LogP contribution in [0.2, 0.25) is 0 Å². The highest BCUT2D eigenvalue weighted by Gasteiger charge is 2.45. The largest absolute Gasteiger partial charge is 0.459 e. The zero-order valence-electron chi connectivity index (χ0n) is 21.1. The minimum absolute atomic E-state index is 0.0272. The number of nitrogens with zero attached hydrogens (tertiary/aromatic N) is 5. The van der Waals surface area contributed by atoms with Crippen molar-refractivity contribution in [2.75, 3.05) is 23.0 Å². The Morgan fingerprint density at radius 1 is 1.28 bits per heavy atom. The van der Waals surface area contributed by atoms with E-state index < -0.39 is 21.8 Å². The van der Waals surface area contributed by atoms with Gasteiger partial charge in [0, 0.05) is 43.4 Å². The van der Waals surface area contributed by atoms with E-state index in [-0.39, 0.29) is 54.4 Å². The van der Waals surface area contributed by atoms with Crippen molar-refractivity contribution in [3.8, 4) is 0 Å². The van der Waals surface area contributed by atoms with Crippen molar-refractivity contribution in [3.63, 3.8) is 0 Å². The molecule has 2 aromatic rings. The monoisotopic (exact) mass is 523 g/mol. The van der Waals surface area contributed by atoms with Gasteiger partial charge in [0.05, 0.1) is 5.75 Å². The number of hydrogen-bond acceptors (Lipinski definition) is 9. The van der Waals surface area contributed by atoms with E-state index in [0.717, 1.165) is 25.0 Å². The molecule has 2 N–H and O–H groups in total. The van der Waals surface area contributed by atoms with Gasteiger partial charge in [-0.15, -0.1) is 0 Å². The maximum absolute atomic E-state index is 15.3. The fourth-order valence-electron chi connectivity index (χ4n) is 5.06. The van der Waals surface area contributed by atoms with Crippen molar-refractivity contribution >= 4 is 33.6 Å². The number of H-pyrrole nitrogens is 1. The van der Waals surface area contributed by atoms with Crippen LogP contribution in [0.15, 0.2) is 6.07 Å². The molecule has 0 saturated carbocycles. The highest BCUT2D eigenvalue weighted by molar-refractivity contribution is 7.89. The van der Waals surface area contributed by atoms with Crippen LogP contribution < -0.4 is 10.2 Å². The zero-order chi connectivity index (χ0) is 26.0. The molecule has 198 valence electrons. The number of anilines is 3. The van der Waals surface area contributed by atoms with Crippen molar-refractivity contribution in [2.45, 2.75) is 84.0 Å². The molecular formula is C23H34FN7O4S. The van der Waals surface area contributed by atoms with Crippen LogP contribution in [-0.2, 0) is 26.2 Å².